The van der Waals surface area contributed by atoms with Gasteiger partial charge in [0.05, 0.1) is 16.9 Å². The van der Waals surface area contributed by atoms with Crippen LogP contribution in [0.15, 0.2) is 41.2 Å². The summed E-state index contributed by atoms with van der Waals surface area (Å²) in [6.07, 6.45) is 1.74. The van der Waals surface area contributed by atoms with E-state index in [1.807, 2.05) is 25.1 Å². The summed E-state index contributed by atoms with van der Waals surface area (Å²) in [5.74, 6) is -0.177. The van der Waals surface area contributed by atoms with Crippen molar-refractivity contribution in [2.45, 2.75) is 32.4 Å². The number of nitrogens with zero attached hydrogens (tertiary/aromatic N) is 1. The highest BCUT2D eigenvalue weighted by Gasteiger charge is 2.24. The van der Waals surface area contributed by atoms with Crippen LogP contribution in [0.25, 0.3) is 10.9 Å². The highest BCUT2D eigenvalue weighted by atomic mass is 35.5. The van der Waals surface area contributed by atoms with Crippen LogP contribution in [0.1, 0.15) is 40.9 Å². The molecule has 5 nitrogen and oxygen atoms in total. The molecule has 2 N–H and O–H groups in total. The summed E-state index contributed by atoms with van der Waals surface area (Å²) in [7, 11) is 0. The second kappa shape index (κ2) is 6.94. The van der Waals surface area contributed by atoms with Crippen LogP contribution < -0.4 is 10.9 Å². The van der Waals surface area contributed by atoms with E-state index in [2.05, 4.69) is 10.3 Å². The SMILES string of the molecule is CCn1c(=S)[nH]c2cc(C(=O)N[C@@H]3CCc4cc(Cl)ccc43)ccc2c1=O. The molecular formula is C20H18ClN3O2S. The van der Waals surface area contributed by atoms with E-state index in [0.29, 0.717) is 32.8 Å². The van der Waals surface area contributed by atoms with E-state index in [1.165, 1.54) is 10.1 Å². The standard InChI is InChI=1S/C20H18ClN3O2S/c1-2-24-19(26)15-6-3-12(10-17(15)23-20(24)27)18(25)22-16-8-4-11-9-13(21)5-7-14(11)16/h3,5-7,9-10,16H,2,4,8H2,1H3,(H,22,25)(H,23,27)/t16-/m1/s1. The molecule has 0 saturated heterocycles. The molecule has 0 unspecified atom stereocenters. The van der Waals surface area contributed by atoms with E-state index in [4.69, 9.17) is 23.8 Å². The van der Waals surface area contributed by atoms with Gasteiger partial charge in [-0.1, -0.05) is 17.7 Å². The van der Waals surface area contributed by atoms with Gasteiger partial charge in [-0.25, -0.2) is 0 Å². The maximum Gasteiger partial charge on any atom is 0.262 e. The molecule has 1 heterocycles. The zero-order valence-electron chi connectivity index (χ0n) is 14.7. The molecule has 0 fully saturated rings. The lowest BCUT2D eigenvalue weighted by atomic mass is 10.1. The molecule has 4 rings (SSSR count). The average molecular weight is 400 g/mol. The molecule has 27 heavy (non-hydrogen) atoms. The van der Waals surface area contributed by atoms with Gasteiger partial charge in [0, 0.05) is 17.1 Å². The van der Waals surface area contributed by atoms with Crippen molar-refractivity contribution in [2.24, 2.45) is 0 Å². The van der Waals surface area contributed by atoms with E-state index in [-0.39, 0.29) is 17.5 Å². The van der Waals surface area contributed by atoms with Crippen LogP contribution in [0.2, 0.25) is 5.02 Å². The minimum atomic E-state index is -0.177. The minimum absolute atomic E-state index is 0.0351. The number of amides is 1. The van der Waals surface area contributed by atoms with Gasteiger partial charge < -0.3 is 10.3 Å². The summed E-state index contributed by atoms with van der Waals surface area (Å²) in [5.41, 5.74) is 3.20. The predicted octanol–water partition coefficient (Wildman–Crippen LogP) is 4.15. The molecule has 0 saturated carbocycles. The fourth-order valence-corrected chi connectivity index (χ4v) is 4.18. The van der Waals surface area contributed by atoms with Crippen LogP contribution in [-0.2, 0) is 13.0 Å². The van der Waals surface area contributed by atoms with Crippen molar-refractivity contribution in [3.8, 4) is 0 Å². The van der Waals surface area contributed by atoms with Gasteiger partial charge in [0.1, 0.15) is 0 Å². The quantitative estimate of drug-likeness (QED) is 0.650. The first-order valence-corrected chi connectivity index (χ1v) is 9.62. The van der Waals surface area contributed by atoms with Crippen molar-refractivity contribution in [3.63, 3.8) is 0 Å². The van der Waals surface area contributed by atoms with Crippen LogP contribution >= 0.6 is 23.8 Å². The average Bonchev–Trinajstić information content (AvgIpc) is 3.03. The maximum absolute atomic E-state index is 12.8. The van der Waals surface area contributed by atoms with Gasteiger partial charge in [-0.3, -0.25) is 14.2 Å². The van der Waals surface area contributed by atoms with Crippen molar-refractivity contribution in [3.05, 3.63) is 73.2 Å². The van der Waals surface area contributed by atoms with E-state index in [9.17, 15) is 9.59 Å². The summed E-state index contributed by atoms with van der Waals surface area (Å²) in [6.45, 7) is 2.36. The predicted molar refractivity (Wildman–Crippen MR) is 109 cm³/mol. The fraction of sp³-hybridized carbons (Fsp3) is 0.250. The van der Waals surface area contributed by atoms with Crippen molar-refractivity contribution in [2.75, 3.05) is 0 Å². The summed E-state index contributed by atoms with van der Waals surface area (Å²) >= 11 is 11.3. The lowest BCUT2D eigenvalue weighted by molar-refractivity contribution is 0.0937. The molecule has 2 aromatic carbocycles. The number of H-pyrrole nitrogens is 1. The number of aryl methyl sites for hydroxylation is 1. The molecular weight excluding hydrogens is 382 g/mol. The van der Waals surface area contributed by atoms with Crippen LogP contribution in [0.4, 0.5) is 0 Å². The lowest BCUT2D eigenvalue weighted by Gasteiger charge is -2.15. The summed E-state index contributed by atoms with van der Waals surface area (Å²) < 4.78 is 1.85. The number of aromatic amines is 1. The van der Waals surface area contributed by atoms with Crippen LogP contribution in [-0.4, -0.2) is 15.5 Å². The minimum Gasteiger partial charge on any atom is -0.345 e. The van der Waals surface area contributed by atoms with Crippen molar-refractivity contribution in [1.82, 2.24) is 14.9 Å². The Labute approximate surface area is 166 Å². The van der Waals surface area contributed by atoms with Gasteiger partial charge in [0.2, 0.25) is 0 Å². The van der Waals surface area contributed by atoms with E-state index < -0.39 is 0 Å². The van der Waals surface area contributed by atoms with E-state index in [0.717, 1.165) is 18.4 Å². The molecule has 138 valence electrons. The third-order valence-electron chi connectivity index (χ3n) is 5.05. The highest BCUT2D eigenvalue weighted by molar-refractivity contribution is 7.71. The number of rotatable bonds is 3. The van der Waals surface area contributed by atoms with Gasteiger partial charge in [0.15, 0.2) is 4.77 Å². The van der Waals surface area contributed by atoms with E-state index in [1.54, 1.807) is 18.2 Å². The highest BCUT2D eigenvalue weighted by Crippen LogP contribution is 2.33. The summed E-state index contributed by atoms with van der Waals surface area (Å²) in [4.78, 5) is 28.3. The Bertz CT molecular complexity index is 1180. The fourth-order valence-electron chi connectivity index (χ4n) is 3.66. The molecule has 1 aromatic heterocycles. The Balaban J connectivity index is 1.65. The molecule has 0 bridgehead atoms. The number of hydrogen-bond acceptors (Lipinski definition) is 3. The zero-order valence-corrected chi connectivity index (χ0v) is 16.3. The Hall–Kier alpha value is -2.44. The number of halogens is 1. The third kappa shape index (κ3) is 3.19. The van der Waals surface area contributed by atoms with Gasteiger partial charge >= 0.3 is 0 Å². The zero-order chi connectivity index (χ0) is 19.1. The normalized spacial score (nSPS) is 15.7. The summed E-state index contributed by atoms with van der Waals surface area (Å²) in [5, 5.41) is 4.31. The second-order valence-electron chi connectivity index (χ2n) is 6.65. The van der Waals surface area contributed by atoms with E-state index >= 15 is 0 Å². The molecule has 1 atom stereocenters. The number of carbonyl (C=O) groups excluding carboxylic acids is 1. The van der Waals surface area contributed by atoms with Gasteiger partial charge in [-0.05, 0) is 73.4 Å². The molecule has 1 amide bonds. The van der Waals surface area contributed by atoms with Crippen LogP contribution in [0, 0.1) is 4.77 Å². The third-order valence-corrected chi connectivity index (χ3v) is 5.61. The number of fused-ring (bicyclic) bond motifs is 2. The van der Waals surface area contributed by atoms with Gasteiger partial charge in [-0.15, -0.1) is 0 Å². The number of nitrogens with one attached hydrogen (secondary N) is 2. The largest absolute Gasteiger partial charge is 0.345 e. The number of hydrogen-bond donors (Lipinski definition) is 2. The second-order valence-corrected chi connectivity index (χ2v) is 7.47. The van der Waals surface area contributed by atoms with Crippen molar-refractivity contribution >= 4 is 40.6 Å². The van der Waals surface area contributed by atoms with Gasteiger partial charge in [0.25, 0.3) is 11.5 Å². The van der Waals surface area contributed by atoms with Gasteiger partial charge in [-0.2, -0.15) is 0 Å². The smallest absolute Gasteiger partial charge is 0.262 e. The molecule has 3 aromatic rings. The molecule has 0 spiro atoms. The van der Waals surface area contributed by atoms with Crippen molar-refractivity contribution < 1.29 is 4.79 Å². The molecule has 0 aliphatic heterocycles. The molecule has 1 aliphatic rings. The van der Waals surface area contributed by atoms with Crippen LogP contribution in [0.5, 0.6) is 0 Å². The first kappa shape index (κ1) is 17.9. The molecule has 0 radical (unpaired) electrons. The molecule has 7 heteroatoms. The Morgan fingerprint density at radius 3 is 2.93 bits per heavy atom. The summed E-state index contributed by atoms with van der Waals surface area (Å²) in [6, 6.07) is 10.8. The topological polar surface area (TPSA) is 66.9 Å². The first-order chi connectivity index (χ1) is 13.0. The first-order valence-electron chi connectivity index (χ1n) is 8.84. The Kier molecular flexibility index (Phi) is 4.61. The maximum atomic E-state index is 12.8. The molecule has 1 aliphatic carbocycles. The monoisotopic (exact) mass is 399 g/mol. The Morgan fingerprint density at radius 2 is 2.15 bits per heavy atom. The number of benzene rings is 2. The lowest BCUT2D eigenvalue weighted by Crippen LogP contribution is -2.27. The van der Waals surface area contributed by atoms with Crippen molar-refractivity contribution in [1.29, 1.82) is 0 Å². The Morgan fingerprint density at radius 1 is 1.33 bits per heavy atom. The van der Waals surface area contributed by atoms with Crippen LogP contribution in [0.3, 0.4) is 0 Å². The number of carbonyl (C=O) groups is 1. The number of aromatic nitrogens is 2.